The molecule has 2 rings (SSSR count). The summed E-state index contributed by atoms with van der Waals surface area (Å²) in [6.07, 6.45) is 0.369. The highest BCUT2D eigenvalue weighted by Gasteiger charge is 2.06. The Hall–Kier alpha value is -1.71. The van der Waals surface area contributed by atoms with Crippen LogP contribution in [0, 0.1) is 13.8 Å². The van der Waals surface area contributed by atoms with Crippen LogP contribution in [-0.4, -0.2) is 12.5 Å². The van der Waals surface area contributed by atoms with Crippen molar-refractivity contribution in [3.8, 4) is 0 Å². The summed E-state index contributed by atoms with van der Waals surface area (Å²) in [7, 11) is 0. The summed E-state index contributed by atoms with van der Waals surface area (Å²) in [4.78, 5) is 12.0. The molecule has 3 nitrogen and oxygen atoms in total. The molecule has 2 aromatic carbocycles. The normalized spacial score (nSPS) is 10.4. The molecule has 0 aliphatic heterocycles. The van der Waals surface area contributed by atoms with E-state index in [0.29, 0.717) is 23.0 Å². The van der Waals surface area contributed by atoms with Gasteiger partial charge in [-0.25, -0.2) is 0 Å². The molecule has 0 atom stereocenters. The lowest BCUT2D eigenvalue weighted by molar-refractivity contribution is -0.115. The average molecular weight is 337 g/mol. The number of halogens is 2. The Labute approximate surface area is 140 Å². The summed E-state index contributed by atoms with van der Waals surface area (Å²) < 4.78 is 0. The van der Waals surface area contributed by atoms with Gasteiger partial charge in [0.2, 0.25) is 5.91 Å². The lowest BCUT2D eigenvalue weighted by Crippen LogP contribution is -2.17. The minimum atomic E-state index is -0.0266. The number of benzene rings is 2. The van der Waals surface area contributed by atoms with Crippen LogP contribution in [0.1, 0.15) is 17.5 Å². The molecular formula is C17H18Cl2N2O. The summed E-state index contributed by atoms with van der Waals surface area (Å²) in [5, 5.41) is 7.09. The topological polar surface area (TPSA) is 41.1 Å². The molecule has 0 aromatic heterocycles. The lowest BCUT2D eigenvalue weighted by atomic mass is 10.1. The summed E-state index contributed by atoms with van der Waals surface area (Å²) in [6.45, 7) is 4.55. The van der Waals surface area contributed by atoms with E-state index in [4.69, 9.17) is 23.2 Å². The van der Waals surface area contributed by atoms with Gasteiger partial charge in [-0.3, -0.25) is 4.79 Å². The molecule has 0 bridgehead atoms. The van der Waals surface area contributed by atoms with E-state index < -0.39 is 0 Å². The van der Waals surface area contributed by atoms with Gasteiger partial charge in [0.05, 0.1) is 10.0 Å². The quantitative estimate of drug-likeness (QED) is 0.801. The highest BCUT2D eigenvalue weighted by molar-refractivity contribution is 6.42. The van der Waals surface area contributed by atoms with E-state index in [1.165, 1.54) is 0 Å². The minimum Gasteiger partial charge on any atom is -0.384 e. The number of nitrogens with one attached hydrogen (secondary N) is 2. The van der Waals surface area contributed by atoms with Gasteiger partial charge in [0, 0.05) is 24.3 Å². The van der Waals surface area contributed by atoms with E-state index in [0.717, 1.165) is 22.5 Å². The van der Waals surface area contributed by atoms with Crippen LogP contribution in [0.25, 0.3) is 0 Å². The maximum atomic E-state index is 12.0. The third kappa shape index (κ3) is 4.39. The molecule has 0 spiro atoms. The fourth-order valence-electron chi connectivity index (χ4n) is 2.03. The van der Waals surface area contributed by atoms with Crippen molar-refractivity contribution in [2.75, 3.05) is 17.2 Å². The van der Waals surface area contributed by atoms with Crippen LogP contribution < -0.4 is 10.6 Å². The average Bonchev–Trinajstić information content (AvgIpc) is 2.48. The Balaban J connectivity index is 1.85. The van der Waals surface area contributed by atoms with E-state index in [1.54, 1.807) is 12.1 Å². The number of anilines is 2. The zero-order valence-corrected chi connectivity index (χ0v) is 14.1. The monoisotopic (exact) mass is 336 g/mol. The Morgan fingerprint density at radius 3 is 2.59 bits per heavy atom. The third-order valence-electron chi connectivity index (χ3n) is 3.48. The van der Waals surface area contributed by atoms with Gasteiger partial charge in [0.15, 0.2) is 0 Å². The van der Waals surface area contributed by atoms with Crippen molar-refractivity contribution in [1.82, 2.24) is 0 Å². The summed E-state index contributed by atoms with van der Waals surface area (Å²) in [6, 6.07) is 11.2. The van der Waals surface area contributed by atoms with Crippen molar-refractivity contribution in [2.24, 2.45) is 0 Å². The second-order valence-electron chi connectivity index (χ2n) is 5.10. The molecule has 2 N–H and O–H groups in total. The van der Waals surface area contributed by atoms with Gasteiger partial charge >= 0.3 is 0 Å². The molecule has 0 unspecified atom stereocenters. The zero-order chi connectivity index (χ0) is 16.1. The molecule has 1 amide bonds. The molecule has 2 aromatic rings. The van der Waals surface area contributed by atoms with Gasteiger partial charge in [-0.2, -0.15) is 0 Å². The van der Waals surface area contributed by atoms with E-state index in [1.807, 2.05) is 38.1 Å². The summed E-state index contributed by atoms with van der Waals surface area (Å²) in [5.74, 6) is -0.0266. The van der Waals surface area contributed by atoms with E-state index in [2.05, 4.69) is 10.6 Å². The Bertz CT molecular complexity index is 686. The molecule has 0 saturated carbocycles. The molecule has 22 heavy (non-hydrogen) atoms. The number of carbonyl (C=O) groups is 1. The minimum absolute atomic E-state index is 0.0266. The zero-order valence-electron chi connectivity index (χ0n) is 12.5. The van der Waals surface area contributed by atoms with Crippen LogP contribution in [0.4, 0.5) is 11.4 Å². The van der Waals surface area contributed by atoms with Crippen LogP contribution in [-0.2, 0) is 4.79 Å². The van der Waals surface area contributed by atoms with Gasteiger partial charge in [0.1, 0.15) is 0 Å². The molecule has 0 saturated heterocycles. The molecular weight excluding hydrogens is 319 g/mol. The van der Waals surface area contributed by atoms with Crippen molar-refractivity contribution >= 4 is 40.5 Å². The molecule has 0 heterocycles. The fourth-order valence-corrected chi connectivity index (χ4v) is 2.32. The highest BCUT2D eigenvalue weighted by Crippen LogP contribution is 2.25. The number of rotatable bonds is 5. The highest BCUT2D eigenvalue weighted by atomic mass is 35.5. The van der Waals surface area contributed by atoms with E-state index in [9.17, 15) is 4.79 Å². The van der Waals surface area contributed by atoms with Crippen molar-refractivity contribution in [3.05, 3.63) is 57.6 Å². The predicted molar refractivity (Wildman–Crippen MR) is 94.1 cm³/mol. The first kappa shape index (κ1) is 16.7. The second-order valence-corrected chi connectivity index (χ2v) is 5.92. The third-order valence-corrected chi connectivity index (χ3v) is 4.22. The number of carbonyl (C=O) groups excluding carboxylic acids is 1. The Morgan fingerprint density at radius 1 is 1.09 bits per heavy atom. The first-order chi connectivity index (χ1) is 10.5. The van der Waals surface area contributed by atoms with Crippen LogP contribution in [0.5, 0.6) is 0 Å². The van der Waals surface area contributed by atoms with Crippen molar-refractivity contribution in [2.45, 2.75) is 20.3 Å². The van der Waals surface area contributed by atoms with Gasteiger partial charge in [-0.15, -0.1) is 0 Å². The van der Waals surface area contributed by atoms with Crippen molar-refractivity contribution < 1.29 is 4.79 Å². The first-order valence-corrected chi connectivity index (χ1v) is 7.78. The Kier molecular flexibility index (Phi) is 5.69. The van der Waals surface area contributed by atoms with E-state index >= 15 is 0 Å². The number of amides is 1. The summed E-state index contributed by atoms with van der Waals surface area (Å²) in [5.41, 5.74) is 3.95. The molecule has 0 aliphatic carbocycles. The summed E-state index contributed by atoms with van der Waals surface area (Å²) >= 11 is 11.8. The molecule has 0 fully saturated rings. The van der Waals surface area contributed by atoms with Crippen LogP contribution in [0.15, 0.2) is 36.4 Å². The Morgan fingerprint density at radius 2 is 1.86 bits per heavy atom. The van der Waals surface area contributed by atoms with Gasteiger partial charge in [0.25, 0.3) is 0 Å². The molecule has 5 heteroatoms. The van der Waals surface area contributed by atoms with Crippen LogP contribution >= 0.6 is 23.2 Å². The molecule has 0 aliphatic rings. The molecule has 116 valence electrons. The van der Waals surface area contributed by atoms with Crippen molar-refractivity contribution in [1.29, 1.82) is 0 Å². The number of hydrogen-bond donors (Lipinski definition) is 2. The maximum absolute atomic E-state index is 12.0. The number of aryl methyl sites for hydroxylation is 1. The van der Waals surface area contributed by atoms with Gasteiger partial charge in [-0.1, -0.05) is 35.3 Å². The van der Waals surface area contributed by atoms with Gasteiger partial charge in [-0.05, 0) is 49.2 Å². The fraction of sp³-hybridized carbons (Fsp3) is 0.235. The van der Waals surface area contributed by atoms with Gasteiger partial charge < -0.3 is 10.6 Å². The smallest absolute Gasteiger partial charge is 0.226 e. The SMILES string of the molecule is Cc1cccc(NC(=O)CCNc2ccc(Cl)c(Cl)c2)c1C. The standard InChI is InChI=1S/C17H18Cl2N2O/c1-11-4-3-5-16(12(11)2)21-17(22)8-9-20-13-6-7-14(18)15(19)10-13/h3-7,10,20H,8-9H2,1-2H3,(H,21,22). The maximum Gasteiger partial charge on any atom is 0.226 e. The lowest BCUT2D eigenvalue weighted by Gasteiger charge is -2.11. The first-order valence-electron chi connectivity index (χ1n) is 7.02. The van der Waals surface area contributed by atoms with Crippen molar-refractivity contribution in [3.63, 3.8) is 0 Å². The van der Waals surface area contributed by atoms with E-state index in [-0.39, 0.29) is 5.91 Å². The number of hydrogen-bond acceptors (Lipinski definition) is 2. The van der Waals surface area contributed by atoms with Crippen LogP contribution in [0.3, 0.4) is 0 Å². The largest absolute Gasteiger partial charge is 0.384 e. The van der Waals surface area contributed by atoms with Crippen LogP contribution in [0.2, 0.25) is 10.0 Å². The second kappa shape index (κ2) is 7.52. The molecule has 0 radical (unpaired) electrons. The predicted octanol–water partition coefficient (Wildman–Crippen LogP) is 5.05.